The fraction of sp³-hybridized carbons (Fsp3) is 0.333. The molecule has 92 valence electrons. The molecule has 0 saturated heterocycles. The van der Waals surface area contributed by atoms with Gasteiger partial charge in [-0.2, -0.15) is 0 Å². The maximum atomic E-state index is 11.8. The Morgan fingerprint density at radius 3 is 2.65 bits per heavy atom. The van der Waals surface area contributed by atoms with Crippen molar-refractivity contribution in [2.45, 2.75) is 13.8 Å². The molecule has 0 aliphatic rings. The second kappa shape index (κ2) is 5.89. The van der Waals surface area contributed by atoms with Crippen LogP contribution in [0, 0.1) is 6.92 Å². The summed E-state index contributed by atoms with van der Waals surface area (Å²) in [5.74, 6) is -0.551. The average molecular weight is 235 g/mol. The van der Waals surface area contributed by atoms with Crippen molar-refractivity contribution in [1.29, 1.82) is 0 Å². The molecule has 0 saturated carbocycles. The molecule has 1 aromatic carbocycles. The van der Waals surface area contributed by atoms with Crippen LogP contribution < -0.4 is 16.4 Å². The Hall–Kier alpha value is -2.04. The monoisotopic (exact) mass is 235 g/mol. The number of nitrogens with one attached hydrogen (secondary N) is 2. The van der Waals surface area contributed by atoms with E-state index in [1.54, 1.807) is 12.1 Å². The van der Waals surface area contributed by atoms with Gasteiger partial charge in [-0.25, -0.2) is 0 Å². The second-order valence-electron chi connectivity index (χ2n) is 3.73. The molecule has 0 atom stereocenters. The quantitative estimate of drug-likeness (QED) is 0.662. The van der Waals surface area contributed by atoms with Crippen molar-refractivity contribution >= 4 is 17.5 Å². The molecule has 0 heterocycles. The lowest BCUT2D eigenvalue weighted by Gasteiger charge is -2.08. The van der Waals surface area contributed by atoms with Crippen molar-refractivity contribution in [2.75, 3.05) is 18.8 Å². The first-order valence-corrected chi connectivity index (χ1v) is 5.45. The molecule has 5 heteroatoms. The molecule has 0 aromatic heterocycles. The summed E-state index contributed by atoms with van der Waals surface area (Å²) >= 11 is 0. The van der Waals surface area contributed by atoms with E-state index in [4.69, 9.17) is 5.73 Å². The minimum absolute atomic E-state index is 0.0416. The fourth-order valence-electron chi connectivity index (χ4n) is 1.38. The van der Waals surface area contributed by atoms with Gasteiger partial charge < -0.3 is 16.4 Å². The van der Waals surface area contributed by atoms with E-state index in [-0.39, 0.29) is 18.4 Å². The van der Waals surface area contributed by atoms with Gasteiger partial charge in [-0.3, -0.25) is 9.59 Å². The number of carbonyl (C=O) groups excluding carboxylic acids is 2. The fourth-order valence-corrected chi connectivity index (χ4v) is 1.38. The predicted molar refractivity (Wildman–Crippen MR) is 66.6 cm³/mol. The summed E-state index contributed by atoms with van der Waals surface area (Å²) in [6.07, 6.45) is 0. The smallest absolute Gasteiger partial charge is 0.253 e. The third-order valence-electron chi connectivity index (χ3n) is 2.24. The molecule has 0 unspecified atom stereocenters. The third-order valence-corrected chi connectivity index (χ3v) is 2.24. The Morgan fingerprint density at radius 1 is 1.29 bits per heavy atom. The van der Waals surface area contributed by atoms with Crippen molar-refractivity contribution in [3.05, 3.63) is 29.3 Å². The molecule has 0 spiro atoms. The van der Waals surface area contributed by atoms with E-state index in [9.17, 15) is 9.59 Å². The highest BCUT2D eigenvalue weighted by Gasteiger charge is 2.10. The zero-order valence-corrected chi connectivity index (χ0v) is 10.0. The number of amides is 2. The highest BCUT2D eigenvalue weighted by atomic mass is 16.2. The molecule has 0 fully saturated rings. The van der Waals surface area contributed by atoms with Crippen molar-refractivity contribution in [3.8, 4) is 0 Å². The lowest BCUT2D eigenvalue weighted by molar-refractivity contribution is -0.120. The Morgan fingerprint density at radius 2 is 2.00 bits per heavy atom. The number of likely N-dealkylation sites (N-methyl/N-ethyl adjacent to an activating group) is 1. The molecule has 0 aliphatic heterocycles. The minimum atomic E-state index is -0.336. The lowest BCUT2D eigenvalue weighted by Crippen LogP contribution is -2.37. The topological polar surface area (TPSA) is 84.2 Å². The van der Waals surface area contributed by atoms with Crippen LogP contribution in [-0.2, 0) is 4.79 Å². The van der Waals surface area contributed by atoms with E-state index >= 15 is 0 Å². The standard InChI is InChI=1S/C12H17N3O2/c1-3-14-11(16)7-15-12(17)9-6-8(2)4-5-10(9)13/h4-6H,3,7,13H2,1-2H3,(H,14,16)(H,15,17). The van der Waals surface area contributed by atoms with Crippen molar-refractivity contribution < 1.29 is 9.59 Å². The van der Waals surface area contributed by atoms with Crippen LogP contribution in [0.3, 0.4) is 0 Å². The molecular weight excluding hydrogens is 218 g/mol. The van der Waals surface area contributed by atoms with Gasteiger partial charge in [-0.05, 0) is 26.0 Å². The van der Waals surface area contributed by atoms with Crippen LogP contribution in [0.1, 0.15) is 22.8 Å². The molecular formula is C12H17N3O2. The molecule has 1 rings (SSSR count). The number of carbonyl (C=O) groups is 2. The van der Waals surface area contributed by atoms with E-state index in [0.29, 0.717) is 17.8 Å². The average Bonchev–Trinajstić information content (AvgIpc) is 2.29. The zero-order valence-electron chi connectivity index (χ0n) is 10.0. The van der Waals surface area contributed by atoms with Gasteiger partial charge in [0.05, 0.1) is 12.1 Å². The normalized spacial score (nSPS) is 9.76. The summed E-state index contributed by atoms with van der Waals surface area (Å²) in [6.45, 7) is 4.19. The zero-order chi connectivity index (χ0) is 12.8. The lowest BCUT2D eigenvalue weighted by atomic mass is 10.1. The number of hydrogen-bond donors (Lipinski definition) is 3. The van der Waals surface area contributed by atoms with Gasteiger partial charge >= 0.3 is 0 Å². The van der Waals surface area contributed by atoms with E-state index < -0.39 is 0 Å². The maximum absolute atomic E-state index is 11.8. The van der Waals surface area contributed by atoms with E-state index in [1.165, 1.54) is 0 Å². The predicted octanol–water partition coefficient (Wildman–Crippen LogP) is 0.443. The largest absolute Gasteiger partial charge is 0.398 e. The Kier molecular flexibility index (Phi) is 4.51. The number of rotatable bonds is 4. The van der Waals surface area contributed by atoms with Crippen LogP contribution in [-0.4, -0.2) is 24.9 Å². The number of anilines is 1. The number of nitrogens with two attached hydrogens (primary N) is 1. The minimum Gasteiger partial charge on any atom is -0.398 e. The van der Waals surface area contributed by atoms with Gasteiger partial charge in [-0.1, -0.05) is 11.6 Å². The molecule has 5 nitrogen and oxygen atoms in total. The summed E-state index contributed by atoms with van der Waals surface area (Å²) in [5.41, 5.74) is 7.44. The van der Waals surface area contributed by atoms with Crippen LogP contribution >= 0.6 is 0 Å². The molecule has 0 bridgehead atoms. The van der Waals surface area contributed by atoms with Crippen molar-refractivity contribution in [2.24, 2.45) is 0 Å². The number of benzene rings is 1. The summed E-state index contributed by atoms with van der Waals surface area (Å²) in [6, 6.07) is 5.20. The van der Waals surface area contributed by atoms with Crippen LogP contribution in [0.25, 0.3) is 0 Å². The molecule has 0 radical (unpaired) electrons. The van der Waals surface area contributed by atoms with E-state index in [2.05, 4.69) is 10.6 Å². The third kappa shape index (κ3) is 3.79. The van der Waals surface area contributed by atoms with Gasteiger partial charge in [0.1, 0.15) is 0 Å². The highest BCUT2D eigenvalue weighted by Crippen LogP contribution is 2.13. The van der Waals surface area contributed by atoms with Crippen LogP contribution in [0.2, 0.25) is 0 Å². The number of aryl methyl sites for hydroxylation is 1. The van der Waals surface area contributed by atoms with Crippen molar-refractivity contribution in [3.63, 3.8) is 0 Å². The Bertz CT molecular complexity index is 430. The summed E-state index contributed by atoms with van der Waals surface area (Å²) in [4.78, 5) is 22.9. The summed E-state index contributed by atoms with van der Waals surface area (Å²) < 4.78 is 0. The van der Waals surface area contributed by atoms with Gasteiger partial charge in [0, 0.05) is 12.2 Å². The second-order valence-corrected chi connectivity index (χ2v) is 3.73. The molecule has 17 heavy (non-hydrogen) atoms. The summed E-state index contributed by atoms with van der Waals surface area (Å²) in [7, 11) is 0. The molecule has 1 aromatic rings. The molecule has 4 N–H and O–H groups in total. The van der Waals surface area contributed by atoms with Gasteiger partial charge in [0.2, 0.25) is 5.91 Å². The van der Waals surface area contributed by atoms with Crippen LogP contribution in [0.4, 0.5) is 5.69 Å². The van der Waals surface area contributed by atoms with Crippen LogP contribution in [0.5, 0.6) is 0 Å². The van der Waals surface area contributed by atoms with Gasteiger partial charge in [0.25, 0.3) is 5.91 Å². The Labute approximate surface area is 100 Å². The maximum Gasteiger partial charge on any atom is 0.253 e. The SMILES string of the molecule is CCNC(=O)CNC(=O)c1cc(C)ccc1N. The number of hydrogen-bond acceptors (Lipinski definition) is 3. The Balaban J connectivity index is 2.64. The van der Waals surface area contributed by atoms with E-state index in [0.717, 1.165) is 5.56 Å². The highest BCUT2D eigenvalue weighted by molar-refractivity contribution is 6.00. The number of nitrogen functional groups attached to an aromatic ring is 1. The molecule has 0 aliphatic carbocycles. The van der Waals surface area contributed by atoms with Crippen LogP contribution in [0.15, 0.2) is 18.2 Å². The van der Waals surface area contributed by atoms with E-state index in [1.807, 2.05) is 19.9 Å². The van der Waals surface area contributed by atoms with Gasteiger partial charge in [0.15, 0.2) is 0 Å². The summed E-state index contributed by atoms with van der Waals surface area (Å²) in [5, 5.41) is 5.11. The van der Waals surface area contributed by atoms with Gasteiger partial charge in [-0.15, -0.1) is 0 Å². The first kappa shape index (κ1) is 13.0. The first-order valence-electron chi connectivity index (χ1n) is 5.45. The van der Waals surface area contributed by atoms with Crippen molar-refractivity contribution in [1.82, 2.24) is 10.6 Å². The first-order chi connectivity index (χ1) is 8.04. The molecule has 2 amide bonds.